The van der Waals surface area contributed by atoms with Gasteiger partial charge in [0.25, 0.3) is 5.91 Å². The number of thiazole rings is 1. The first-order valence-electron chi connectivity index (χ1n) is 3.45. The van der Waals surface area contributed by atoms with Crippen molar-refractivity contribution in [1.29, 1.82) is 0 Å². The van der Waals surface area contributed by atoms with Gasteiger partial charge in [-0.15, -0.1) is 17.8 Å². The highest BCUT2D eigenvalue weighted by atomic mass is 35.5. The normalized spacial score (nSPS) is 9.31. The minimum absolute atomic E-state index is 0.199. The predicted octanol–water partition coefficient (Wildman–Crippen LogP) is 1.50. The molecule has 68 valence electrons. The van der Waals surface area contributed by atoms with Crippen LogP contribution in [-0.2, 0) is 0 Å². The maximum atomic E-state index is 11.5. The summed E-state index contributed by atoms with van der Waals surface area (Å²) in [4.78, 5) is 16.7. The molecule has 3 nitrogen and oxygen atoms in total. The molecule has 0 unspecified atom stereocenters. The molecule has 1 rings (SSSR count). The Morgan fingerprint density at radius 3 is 3.08 bits per heavy atom. The maximum absolute atomic E-state index is 11.5. The molecule has 1 aromatic rings. The topological polar surface area (TPSA) is 33.2 Å². The van der Waals surface area contributed by atoms with E-state index < -0.39 is 0 Å². The summed E-state index contributed by atoms with van der Waals surface area (Å²) in [7, 11) is 1.62. The molecule has 0 aliphatic carbocycles. The van der Waals surface area contributed by atoms with Crippen LogP contribution in [0.15, 0.2) is 5.38 Å². The number of halogens is 1. The maximum Gasteiger partial charge on any atom is 0.283 e. The number of hydrogen-bond donors (Lipinski definition) is 0. The van der Waals surface area contributed by atoms with Crippen LogP contribution in [0.4, 0.5) is 0 Å². The van der Waals surface area contributed by atoms with Gasteiger partial charge in [0.05, 0.1) is 6.54 Å². The zero-order valence-corrected chi connectivity index (χ0v) is 8.52. The van der Waals surface area contributed by atoms with Crippen LogP contribution in [0.3, 0.4) is 0 Å². The summed E-state index contributed by atoms with van der Waals surface area (Å²) in [5.74, 6) is 2.17. The van der Waals surface area contributed by atoms with Crippen LogP contribution >= 0.6 is 22.9 Å². The Morgan fingerprint density at radius 2 is 2.62 bits per heavy atom. The largest absolute Gasteiger partial charge is 0.329 e. The minimum atomic E-state index is -0.199. The molecule has 0 atom stereocenters. The van der Waals surface area contributed by atoms with E-state index in [1.54, 1.807) is 12.4 Å². The lowest BCUT2D eigenvalue weighted by Gasteiger charge is -2.10. The molecule has 0 bridgehead atoms. The molecule has 0 saturated carbocycles. The summed E-state index contributed by atoms with van der Waals surface area (Å²) in [6.45, 7) is 0.274. The van der Waals surface area contributed by atoms with Crippen molar-refractivity contribution in [3.63, 3.8) is 0 Å². The first-order valence-corrected chi connectivity index (χ1v) is 4.71. The molecule has 0 radical (unpaired) electrons. The van der Waals surface area contributed by atoms with Crippen molar-refractivity contribution in [1.82, 2.24) is 9.88 Å². The number of nitrogens with zero attached hydrogens (tertiary/aromatic N) is 2. The van der Waals surface area contributed by atoms with E-state index in [0.29, 0.717) is 10.2 Å². The van der Waals surface area contributed by atoms with E-state index in [9.17, 15) is 4.79 Å². The lowest BCUT2D eigenvalue weighted by molar-refractivity contribution is 0.0812. The smallest absolute Gasteiger partial charge is 0.283 e. The lowest BCUT2D eigenvalue weighted by atomic mass is 10.5. The van der Waals surface area contributed by atoms with Crippen LogP contribution < -0.4 is 0 Å². The van der Waals surface area contributed by atoms with Crippen LogP contribution in [0.25, 0.3) is 0 Å². The monoisotopic (exact) mass is 214 g/mol. The SMILES string of the molecule is C#CCN(C)C(=O)c1nc(Cl)cs1. The summed E-state index contributed by atoms with van der Waals surface area (Å²) in [5, 5.41) is 2.31. The highest BCUT2D eigenvalue weighted by Crippen LogP contribution is 2.15. The molecule has 0 saturated heterocycles. The molecular weight excluding hydrogens is 208 g/mol. The fraction of sp³-hybridized carbons (Fsp3) is 0.250. The van der Waals surface area contributed by atoms with E-state index in [2.05, 4.69) is 10.9 Å². The molecule has 13 heavy (non-hydrogen) atoms. The molecule has 0 fully saturated rings. The van der Waals surface area contributed by atoms with Gasteiger partial charge in [-0.2, -0.15) is 0 Å². The summed E-state index contributed by atoms with van der Waals surface area (Å²) in [6, 6.07) is 0. The quantitative estimate of drug-likeness (QED) is 0.700. The van der Waals surface area contributed by atoms with Gasteiger partial charge in [-0.25, -0.2) is 4.98 Å². The molecule has 1 amide bonds. The average molecular weight is 215 g/mol. The number of carbonyl (C=O) groups is 1. The molecule has 0 aliphatic rings. The second-order valence-corrected chi connectivity index (χ2v) is 3.59. The molecule has 0 aromatic carbocycles. The molecule has 5 heteroatoms. The second kappa shape index (κ2) is 4.26. The highest BCUT2D eigenvalue weighted by molar-refractivity contribution is 7.12. The van der Waals surface area contributed by atoms with Gasteiger partial charge in [0.15, 0.2) is 5.01 Å². The summed E-state index contributed by atoms with van der Waals surface area (Å²) < 4.78 is 0. The van der Waals surface area contributed by atoms with Gasteiger partial charge < -0.3 is 4.90 Å². The van der Waals surface area contributed by atoms with Crippen molar-refractivity contribution in [3.05, 3.63) is 15.5 Å². The van der Waals surface area contributed by atoms with Gasteiger partial charge in [0.2, 0.25) is 0 Å². The Bertz CT molecular complexity index is 355. The highest BCUT2D eigenvalue weighted by Gasteiger charge is 2.14. The van der Waals surface area contributed by atoms with Crippen LogP contribution in [-0.4, -0.2) is 29.4 Å². The van der Waals surface area contributed by atoms with Gasteiger partial charge in [-0.1, -0.05) is 17.5 Å². The van der Waals surface area contributed by atoms with E-state index in [0.717, 1.165) is 0 Å². The second-order valence-electron chi connectivity index (χ2n) is 2.34. The first kappa shape index (κ1) is 10.0. The Kier molecular flexibility index (Phi) is 3.29. The lowest BCUT2D eigenvalue weighted by Crippen LogP contribution is -2.26. The fourth-order valence-corrected chi connectivity index (χ4v) is 1.66. The summed E-state index contributed by atoms with van der Waals surface area (Å²) in [6.07, 6.45) is 5.06. The number of aromatic nitrogens is 1. The van der Waals surface area contributed by atoms with E-state index in [1.165, 1.54) is 16.2 Å². The third-order valence-corrected chi connectivity index (χ3v) is 2.49. The third-order valence-electron chi connectivity index (χ3n) is 1.33. The number of hydrogen-bond acceptors (Lipinski definition) is 3. The van der Waals surface area contributed by atoms with Gasteiger partial charge in [0, 0.05) is 12.4 Å². The minimum Gasteiger partial charge on any atom is -0.329 e. The predicted molar refractivity (Wildman–Crippen MR) is 52.9 cm³/mol. The van der Waals surface area contributed by atoms with Crippen molar-refractivity contribution in [2.24, 2.45) is 0 Å². The average Bonchev–Trinajstić information content (AvgIpc) is 2.51. The molecule has 0 aliphatic heterocycles. The fourth-order valence-electron chi connectivity index (χ4n) is 0.724. The van der Waals surface area contributed by atoms with E-state index in [4.69, 9.17) is 18.0 Å². The Balaban J connectivity index is 2.74. The van der Waals surface area contributed by atoms with Gasteiger partial charge >= 0.3 is 0 Å². The zero-order valence-electron chi connectivity index (χ0n) is 6.95. The number of amides is 1. The number of terminal acetylenes is 1. The summed E-state index contributed by atoms with van der Waals surface area (Å²) in [5.41, 5.74) is 0. The van der Waals surface area contributed by atoms with Crippen molar-refractivity contribution in [2.75, 3.05) is 13.6 Å². The molecule has 1 heterocycles. The van der Waals surface area contributed by atoms with Crippen LogP contribution in [0.1, 0.15) is 9.80 Å². The van der Waals surface area contributed by atoms with Gasteiger partial charge in [0.1, 0.15) is 5.15 Å². The molecule has 1 aromatic heterocycles. The van der Waals surface area contributed by atoms with Gasteiger partial charge in [-0.3, -0.25) is 4.79 Å². The molecule has 0 N–H and O–H groups in total. The van der Waals surface area contributed by atoms with E-state index in [1.807, 2.05) is 0 Å². The van der Waals surface area contributed by atoms with E-state index >= 15 is 0 Å². The van der Waals surface area contributed by atoms with Crippen LogP contribution in [0.2, 0.25) is 5.15 Å². The summed E-state index contributed by atoms with van der Waals surface area (Å²) >= 11 is 6.78. The zero-order chi connectivity index (χ0) is 9.84. The molecule has 0 spiro atoms. The van der Waals surface area contributed by atoms with E-state index in [-0.39, 0.29) is 12.5 Å². The number of rotatable bonds is 2. The molecular formula is C8H7ClN2OS. The standard InChI is InChI=1S/C8H7ClN2OS/c1-3-4-11(2)8(12)7-10-6(9)5-13-7/h1,5H,4H2,2H3. The van der Waals surface area contributed by atoms with Crippen molar-refractivity contribution >= 4 is 28.8 Å². The van der Waals surface area contributed by atoms with Crippen molar-refractivity contribution in [3.8, 4) is 12.3 Å². The Hall–Kier alpha value is -1.05. The Labute approximate surface area is 85.3 Å². The Morgan fingerprint density at radius 1 is 1.92 bits per heavy atom. The first-order chi connectivity index (χ1) is 6.15. The van der Waals surface area contributed by atoms with Crippen LogP contribution in [0, 0.1) is 12.3 Å². The number of carbonyl (C=O) groups excluding carboxylic acids is 1. The van der Waals surface area contributed by atoms with Crippen LogP contribution in [0.5, 0.6) is 0 Å². The van der Waals surface area contributed by atoms with Gasteiger partial charge in [-0.05, 0) is 0 Å². The third kappa shape index (κ3) is 2.44. The van der Waals surface area contributed by atoms with Crippen molar-refractivity contribution < 1.29 is 4.79 Å². The van der Waals surface area contributed by atoms with Crippen molar-refractivity contribution in [2.45, 2.75) is 0 Å².